The Kier molecular flexibility index (Phi) is 3.93. The van der Waals surface area contributed by atoms with Crippen LogP contribution in [0.1, 0.15) is 19.8 Å². The highest BCUT2D eigenvalue weighted by molar-refractivity contribution is 6.33. The van der Waals surface area contributed by atoms with E-state index in [0.717, 1.165) is 54.2 Å². The molecule has 1 saturated heterocycles. The molecule has 6 heteroatoms. The number of nitrogens with zero attached hydrogens (tertiary/aromatic N) is 4. The minimum atomic E-state index is -0.580. The molecule has 0 aliphatic carbocycles. The Labute approximate surface area is 151 Å². The number of benzene rings is 1. The van der Waals surface area contributed by atoms with E-state index in [0.29, 0.717) is 5.02 Å². The van der Waals surface area contributed by atoms with Crippen molar-refractivity contribution in [1.82, 2.24) is 14.5 Å². The molecular weight excluding hydrogens is 336 g/mol. The summed E-state index contributed by atoms with van der Waals surface area (Å²) in [7, 11) is 2.00. The lowest BCUT2D eigenvalue weighted by Gasteiger charge is -2.36. The highest BCUT2D eigenvalue weighted by atomic mass is 35.5. The van der Waals surface area contributed by atoms with E-state index in [1.807, 2.05) is 38.2 Å². The van der Waals surface area contributed by atoms with Gasteiger partial charge in [0.25, 0.3) is 0 Å². The third-order valence-corrected chi connectivity index (χ3v) is 5.33. The van der Waals surface area contributed by atoms with Crippen LogP contribution in [0.25, 0.3) is 22.4 Å². The SMILES string of the molecule is Cn1c(-c2cc(N3CCC(C)(O)CC3)ncc2Cl)nc2ccccc21. The van der Waals surface area contributed by atoms with Crippen molar-refractivity contribution in [2.75, 3.05) is 18.0 Å². The maximum Gasteiger partial charge on any atom is 0.142 e. The predicted octanol–water partition coefficient (Wildman–Crippen LogP) is 3.64. The normalized spacial score (nSPS) is 17.2. The number of pyridine rings is 1. The summed E-state index contributed by atoms with van der Waals surface area (Å²) in [4.78, 5) is 11.4. The fourth-order valence-electron chi connectivity index (χ4n) is 3.38. The molecule has 2 aromatic heterocycles. The van der Waals surface area contributed by atoms with Crippen LogP contribution in [-0.2, 0) is 7.05 Å². The van der Waals surface area contributed by atoms with Gasteiger partial charge in [-0.15, -0.1) is 0 Å². The van der Waals surface area contributed by atoms with Crippen molar-refractivity contribution in [3.8, 4) is 11.4 Å². The number of anilines is 1. The zero-order chi connectivity index (χ0) is 17.6. The van der Waals surface area contributed by atoms with E-state index in [4.69, 9.17) is 16.6 Å². The number of imidazole rings is 1. The standard InChI is InChI=1S/C19H21ClN4O/c1-19(25)7-9-24(10-8-19)17-11-13(14(20)12-21-17)18-22-15-5-3-4-6-16(15)23(18)2/h3-6,11-12,25H,7-10H2,1-2H3. The monoisotopic (exact) mass is 356 g/mol. The zero-order valence-corrected chi connectivity index (χ0v) is 15.2. The second kappa shape index (κ2) is 6.00. The third-order valence-electron chi connectivity index (χ3n) is 5.03. The second-order valence-electron chi connectivity index (χ2n) is 6.99. The average Bonchev–Trinajstić information content (AvgIpc) is 2.93. The molecule has 3 heterocycles. The van der Waals surface area contributed by atoms with Crippen LogP contribution < -0.4 is 4.90 Å². The molecule has 4 rings (SSSR count). The van der Waals surface area contributed by atoms with Crippen LogP contribution in [0.5, 0.6) is 0 Å². The minimum absolute atomic E-state index is 0.580. The summed E-state index contributed by atoms with van der Waals surface area (Å²) in [6, 6.07) is 10.0. The van der Waals surface area contributed by atoms with Crippen molar-refractivity contribution in [2.45, 2.75) is 25.4 Å². The van der Waals surface area contributed by atoms with Gasteiger partial charge in [0.2, 0.25) is 0 Å². The van der Waals surface area contributed by atoms with E-state index >= 15 is 0 Å². The Morgan fingerprint density at radius 1 is 1.20 bits per heavy atom. The van der Waals surface area contributed by atoms with Gasteiger partial charge in [-0.2, -0.15) is 0 Å². The molecule has 1 fully saturated rings. The highest BCUT2D eigenvalue weighted by Gasteiger charge is 2.28. The van der Waals surface area contributed by atoms with Gasteiger partial charge in [-0.05, 0) is 38.0 Å². The first-order valence-corrected chi connectivity index (χ1v) is 8.87. The molecule has 0 unspecified atom stereocenters. The summed E-state index contributed by atoms with van der Waals surface area (Å²) in [6.07, 6.45) is 3.16. The summed E-state index contributed by atoms with van der Waals surface area (Å²) in [5.74, 6) is 1.71. The summed E-state index contributed by atoms with van der Waals surface area (Å²) >= 11 is 6.44. The van der Waals surface area contributed by atoms with Gasteiger partial charge in [0.05, 0.1) is 21.7 Å². The van der Waals surface area contributed by atoms with Crippen molar-refractivity contribution in [1.29, 1.82) is 0 Å². The molecule has 1 aromatic carbocycles. The van der Waals surface area contributed by atoms with Crippen LogP contribution >= 0.6 is 11.6 Å². The summed E-state index contributed by atoms with van der Waals surface area (Å²) in [6.45, 7) is 3.46. The van der Waals surface area contributed by atoms with E-state index in [1.54, 1.807) is 6.20 Å². The van der Waals surface area contributed by atoms with Crippen LogP contribution in [0.15, 0.2) is 36.5 Å². The van der Waals surface area contributed by atoms with Crippen LogP contribution in [0, 0.1) is 0 Å². The van der Waals surface area contributed by atoms with Gasteiger partial charge >= 0.3 is 0 Å². The third kappa shape index (κ3) is 2.98. The second-order valence-corrected chi connectivity index (χ2v) is 7.40. The number of aryl methyl sites for hydroxylation is 1. The van der Waals surface area contributed by atoms with Crippen LogP contribution in [0.3, 0.4) is 0 Å². The fraction of sp³-hybridized carbons (Fsp3) is 0.368. The number of rotatable bonds is 2. The van der Waals surface area contributed by atoms with Gasteiger partial charge in [-0.1, -0.05) is 23.7 Å². The molecule has 5 nitrogen and oxygen atoms in total. The van der Waals surface area contributed by atoms with E-state index < -0.39 is 5.60 Å². The van der Waals surface area contributed by atoms with Gasteiger partial charge < -0.3 is 14.6 Å². The van der Waals surface area contributed by atoms with Gasteiger partial charge in [0.15, 0.2) is 0 Å². The smallest absolute Gasteiger partial charge is 0.142 e. The van der Waals surface area contributed by atoms with Crippen molar-refractivity contribution >= 4 is 28.5 Å². The minimum Gasteiger partial charge on any atom is -0.390 e. The Morgan fingerprint density at radius 2 is 1.92 bits per heavy atom. The van der Waals surface area contributed by atoms with E-state index in [2.05, 4.69) is 20.5 Å². The lowest BCUT2D eigenvalue weighted by Crippen LogP contribution is -2.42. The molecule has 0 bridgehead atoms. The summed E-state index contributed by atoms with van der Waals surface area (Å²) in [5, 5.41) is 10.7. The molecular formula is C19H21ClN4O. The van der Waals surface area contributed by atoms with Crippen LogP contribution in [0.4, 0.5) is 5.82 Å². The quantitative estimate of drug-likeness (QED) is 0.761. The highest BCUT2D eigenvalue weighted by Crippen LogP contribution is 2.33. The number of aromatic nitrogens is 3. The van der Waals surface area contributed by atoms with Crippen molar-refractivity contribution in [3.05, 3.63) is 41.6 Å². The molecule has 25 heavy (non-hydrogen) atoms. The zero-order valence-electron chi connectivity index (χ0n) is 14.4. The summed E-state index contributed by atoms with van der Waals surface area (Å²) < 4.78 is 2.06. The number of fused-ring (bicyclic) bond motifs is 1. The average molecular weight is 357 g/mol. The molecule has 1 aliphatic heterocycles. The Hall–Kier alpha value is -2.11. The first kappa shape index (κ1) is 16.4. The number of hydrogen-bond donors (Lipinski definition) is 1. The van der Waals surface area contributed by atoms with E-state index in [9.17, 15) is 5.11 Å². The Morgan fingerprint density at radius 3 is 2.64 bits per heavy atom. The number of halogens is 1. The molecule has 0 radical (unpaired) electrons. The van der Waals surface area contributed by atoms with Crippen molar-refractivity contribution < 1.29 is 5.11 Å². The first-order valence-electron chi connectivity index (χ1n) is 8.49. The summed E-state index contributed by atoms with van der Waals surface area (Å²) in [5.41, 5.74) is 2.32. The van der Waals surface area contributed by atoms with Crippen LogP contribution in [-0.4, -0.2) is 38.3 Å². The van der Waals surface area contributed by atoms with Gasteiger partial charge in [-0.3, -0.25) is 0 Å². The van der Waals surface area contributed by atoms with Crippen molar-refractivity contribution in [2.24, 2.45) is 7.05 Å². The molecule has 0 saturated carbocycles. The Bertz CT molecular complexity index is 924. The number of para-hydroxylation sites is 2. The number of hydrogen-bond acceptors (Lipinski definition) is 4. The van der Waals surface area contributed by atoms with Crippen molar-refractivity contribution in [3.63, 3.8) is 0 Å². The van der Waals surface area contributed by atoms with E-state index in [1.165, 1.54) is 0 Å². The van der Waals surface area contributed by atoms with Gasteiger partial charge in [0.1, 0.15) is 11.6 Å². The number of aliphatic hydroxyl groups is 1. The van der Waals surface area contributed by atoms with Gasteiger partial charge in [-0.25, -0.2) is 9.97 Å². The number of piperidine rings is 1. The molecule has 130 valence electrons. The maximum absolute atomic E-state index is 10.2. The van der Waals surface area contributed by atoms with E-state index in [-0.39, 0.29) is 0 Å². The fourth-order valence-corrected chi connectivity index (χ4v) is 3.56. The predicted molar refractivity (Wildman–Crippen MR) is 101 cm³/mol. The first-order chi connectivity index (χ1) is 11.9. The molecule has 0 atom stereocenters. The maximum atomic E-state index is 10.2. The van der Waals surface area contributed by atoms with Crippen LogP contribution in [0.2, 0.25) is 5.02 Å². The van der Waals surface area contributed by atoms with Gasteiger partial charge in [0, 0.05) is 31.9 Å². The molecule has 1 N–H and O–H groups in total. The molecule has 3 aromatic rings. The molecule has 1 aliphatic rings. The Balaban J connectivity index is 1.74. The lowest BCUT2D eigenvalue weighted by atomic mass is 9.94. The lowest BCUT2D eigenvalue weighted by molar-refractivity contribution is 0.0350. The molecule has 0 spiro atoms. The topological polar surface area (TPSA) is 54.2 Å². The largest absolute Gasteiger partial charge is 0.390 e. The molecule has 0 amide bonds.